The van der Waals surface area contributed by atoms with Gasteiger partial charge in [-0.3, -0.25) is 9.89 Å². The van der Waals surface area contributed by atoms with Crippen molar-refractivity contribution < 1.29 is 4.42 Å². The molecule has 2 unspecified atom stereocenters. The van der Waals surface area contributed by atoms with Gasteiger partial charge >= 0.3 is 0 Å². The first kappa shape index (κ1) is 19.2. The molecule has 0 bridgehead atoms. The molecule has 1 saturated heterocycles. The largest absolute Gasteiger partial charge is 0.468 e. The summed E-state index contributed by atoms with van der Waals surface area (Å²) >= 11 is 0. The summed E-state index contributed by atoms with van der Waals surface area (Å²) in [7, 11) is 4.33. The minimum Gasteiger partial charge on any atom is -0.468 e. The second kappa shape index (κ2) is 9.42. The van der Waals surface area contributed by atoms with Crippen molar-refractivity contribution >= 4 is 5.96 Å². The standard InChI is InChI=1S/C20H35N5O/c1-4-21-20(22-14-17(24(2)3)16-9-10-16)23-15-18(19-8-7-13-26-19)25-11-5-6-12-25/h7-8,13,16-18H,4-6,9-12,14-15H2,1-3H3,(H2,21,22,23). The molecule has 26 heavy (non-hydrogen) atoms. The number of likely N-dealkylation sites (tertiary alicyclic amines) is 1. The number of hydrogen-bond acceptors (Lipinski definition) is 4. The summed E-state index contributed by atoms with van der Waals surface area (Å²) in [4.78, 5) is 9.72. The van der Waals surface area contributed by atoms with Crippen molar-refractivity contribution in [2.24, 2.45) is 10.9 Å². The van der Waals surface area contributed by atoms with Crippen LogP contribution in [0.15, 0.2) is 27.8 Å². The summed E-state index contributed by atoms with van der Waals surface area (Å²) in [5.41, 5.74) is 0. The molecule has 2 atom stereocenters. The van der Waals surface area contributed by atoms with Gasteiger partial charge in [-0.15, -0.1) is 0 Å². The van der Waals surface area contributed by atoms with Crippen LogP contribution >= 0.6 is 0 Å². The van der Waals surface area contributed by atoms with Crippen molar-refractivity contribution in [2.75, 3.05) is 46.8 Å². The average molecular weight is 362 g/mol. The number of furan rings is 1. The highest BCUT2D eigenvalue weighted by Crippen LogP contribution is 2.34. The predicted molar refractivity (Wildman–Crippen MR) is 106 cm³/mol. The molecule has 1 aromatic heterocycles. The maximum Gasteiger partial charge on any atom is 0.191 e. The zero-order chi connectivity index (χ0) is 18.4. The van der Waals surface area contributed by atoms with E-state index < -0.39 is 0 Å². The smallest absolute Gasteiger partial charge is 0.191 e. The number of hydrogen-bond donors (Lipinski definition) is 2. The maximum absolute atomic E-state index is 5.72. The number of nitrogens with zero attached hydrogens (tertiary/aromatic N) is 3. The van der Waals surface area contributed by atoms with Gasteiger partial charge in [0.2, 0.25) is 0 Å². The maximum atomic E-state index is 5.72. The van der Waals surface area contributed by atoms with Crippen molar-refractivity contribution in [3.63, 3.8) is 0 Å². The number of guanidine groups is 1. The third kappa shape index (κ3) is 5.24. The van der Waals surface area contributed by atoms with E-state index in [2.05, 4.69) is 47.5 Å². The van der Waals surface area contributed by atoms with E-state index in [0.717, 1.165) is 50.4 Å². The van der Waals surface area contributed by atoms with E-state index in [9.17, 15) is 0 Å². The normalized spacial score (nSPS) is 21.2. The zero-order valence-corrected chi connectivity index (χ0v) is 16.6. The van der Waals surface area contributed by atoms with Crippen molar-refractivity contribution in [1.29, 1.82) is 0 Å². The van der Waals surface area contributed by atoms with Gasteiger partial charge in [0, 0.05) is 19.1 Å². The van der Waals surface area contributed by atoms with Crippen LogP contribution in [0.3, 0.4) is 0 Å². The van der Waals surface area contributed by atoms with E-state index in [-0.39, 0.29) is 6.04 Å². The highest BCUT2D eigenvalue weighted by Gasteiger charge is 2.32. The van der Waals surface area contributed by atoms with Gasteiger partial charge in [0.15, 0.2) is 5.96 Å². The topological polar surface area (TPSA) is 56.0 Å². The van der Waals surface area contributed by atoms with Crippen LogP contribution in [-0.4, -0.2) is 68.6 Å². The zero-order valence-electron chi connectivity index (χ0n) is 16.6. The van der Waals surface area contributed by atoms with Gasteiger partial charge in [-0.25, -0.2) is 0 Å². The van der Waals surface area contributed by atoms with Gasteiger partial charge in [0.1, 0.15) is 5.76 Å². The molecule has 6 nitrogen and oxygen atoms in total. The number of likely N-dealkylation sites (N-methyl/N-ethyl adjacent to an activating group) is 1. The highest BCUT2D eigenvalue weighted by atomic mass is 16.3. The van der Waals surface area contributed by atoms with Crippen LogP contribution in [0.5, 0.6) is 0 Å². The molecule has 0 amide bonds. The van der Waals surface area contributed by atoms with E-state index in [0.29, 0.717) is 6.04 Å². The molecule has 2 aliphatic rings. The Morgan fingerprint density at radius 1 is 1.31 bits per heavy atom. The molecule has 2 fully saturated rings. The van der Waals surface area contributed by atoms with Gasteiger partial charge in [-0.2, -0.15) is 0 Å². The Labute approximate surface area is 158 Å². The molecular weight excluding hydrogens is 326 g/mol. The second-order valence-electron chi connectivity index (χ2n) is 7.74. The Bertz CT molecular complexity index is 545. The molecule has 6 heteroatoms. The molecule has 0 radical (unpaired) electrons. The summed E-state index contributed by atoms with van der Waals surface area (Å²) in [5.74, 6) is 2.77. The molecule has 1 saturated carbocycles. The molecular formula is C20H35N5O. The Morgan fingerprint density at radius 3 is 2.65 bits per heavy atom. The number of nitrogens with one attached hydrogen (secondary N) is 2. The number of aliphatic imine (C=N–C) groups is 1. The van der Waals surface area contributed by atoms with Crippen LogP contribution in [0.4, 0.5) is 0 Å². The summed E-state index contributed by atoms with van der Waals surface area (Å²) in [6.45, 7) is 6.94. The first-order chi connectivity index (χ1) is 12.7. The Balaban J connectivity index is 1.61. The first-order valence-electron chi connectivity index (χ1n) is 10.1. The van der Waals surface area contributed by atoms with E-state index in [1.54, 1.807) is 6.26 Å². The third-order valence-corrected chi connectivity index (χ3v) is 5.53. The Hall–Kier alpha value is -1.53. The van der Waals surface area contributed by atoms with E-state index >= 15 is 0 Å². The lowest BCUT2D eigenvalue weighted by Gasteiger charge is -2.27. The molecule has 1 aliphatic heterocycles. The minimum absolute atomic E-state index is 0.268. The van der Waals surface area contributed by atoms with E-state index in [1.165, 1.54) is 25.7 Å². The van der Waals surface area contributed by atoms with Crippen molar-refractivity contribution in [3.05, 3.63) is 24.2 Å². The van der Waals surface area contributed by atoms with Gasteiger partial charge in [-0.05, 0) is 77.8 Å². The average Bonchev–Trinajstić information content (AvgIpc) is 3.10. The lowest BCUT2D eigenvalue weighted by Crippen LogP contribution is -2.43. The van der Waals surface area contributed by atoms with E-state index in [1.807, 2.05) is 6.07 Å². The molecule has 146 valence electrons. The molecule has 3 rings (SSSR count). The monoisotopic (exact) mass is 361 g/mol. The van der Waals surface area contributed by atoms with E-state index in [4.69, 9.17) is 9.41 Å². The molecule has 2 heterocycles. The summed E-state index contributed by atoms with van der Waals surface area (Å²) in [6.07, 6.45) is 7.01. The van der Waals surface area contributed by atoms with Gasteiger partial charge in [0.05, 0.1) is 18.8 Å². The van der Waals surface area contributed by atoms with Gasteiger partial charge < -0.3 is 20.0 Å². The Morgan fingerprint density at radius 2 is 2.08 bits per heavy atom. The van der Waals surface area contributed by atoms with Gasteiger partial charge in [-0.1, -0.05) is 0 Å². The lowest BCUT2D eigenvalue weighted by molar-refractivity contribution is 0.215. The first-order valence-corrected chi connectivity index (χ1v) is 10.1. The van der Waals surface area contributed by atoms with Crippen LogP contribution in [0.1, 0.15) is 44.4 Å². The summed E-state index contributed by atoms with van der Waals surface area (Å²) in [5, 5.41) is 6.96. The van der Waals surface area contributed by atoms with Crippen molar-refractivity contribution in [3.8, 4) is 0 Å². The second-order valence-corrected chi connectivity index (χ2v) is 7.74. The minimum atomic E-state index is 0.268. The molecule has 1 aliphatic carbocycles. The molecule has 0 aromatic carbocycles. The molecule has 1 aromatic rings. The van der Waals surface area contributed by atoms with Gasteiger partial charge in [0.25, 0.3) is 0 Å². The summed E-state index contributed by atoms with van der Waals surface area (Å²) in [6, 6.07) is 4.88. The fourth-order valence-electron chi connectivity index (χ4n) is 3.88. The Kier molecular flexibility index (Phi) is 6.97. The van der Waals surface area contributed by atoms with Crippen LogP contribution in [-0.2, 0) is 0 Å². The SMILES string of the molecule is CCNC(=NCC(C1CC1)N(C)C)NCC(c1ccco1)N1CCCC1. The van der Waals surface area contributed by atoms with Crippen LogP contribution < -0.4 is 10.6 Å². The van der Waals surface area contributed by atoms with Crippen LogP contribution in [0, 0.1) is 5.92 Å². The number of rotatable bonds is 9. The van der Waals surface area contributed by atoms with Crippen LogP contribution in [0.2, 0.25) is 0 Å². The quantitative estimate of drug-likeness (QED) is 0.522. The highest BCUT2D eigenvalue weighted by molar-refractivity contribution is 5.79. The molecule has 0 spiro atoms. The van der Waals surface area contributed by atoms with Crippen molar-refractivity contribution in [1.82, 2.24) is 20.4 Å². The fourth-order valence-corrected chi connectivity index (χ4v) is 3.88. The summed E-state index contributed by atoms with van der Waals surface area (Å²) < 4.78 is 5.72. The van der Waals surface area contributed by atoms with Crippen LogP contribution in [0.25, 0.3) is 0 Å². The van der Waals surface area contributed by atoms with Crippen molar-refractivity contribution in [2.45, 2.75) is 44.7 Å². The molecule has 2 N–H and O–H groups in total. The predicted octanol–water partition coefficient (Wildman–Crippen LogP) is 2.31. The lowest BCUT2D eigenvalue weighted by atomic mass is 10.2. The third-order valence-electron chi connectivity index (χ3n) is 5.53. The fraction of sp³-hybridized carbons (Fsp3) is 0.750.